The van der Waals surface area contributed by atoms with Crippen molar-refractivity contribution in [3.8, 4) is 5.75 Å². The zero-order valence-corrected chi connectivity index (χ0v) is 16.8. The van der Waals surface area contributed by atoms with Crippen LogP contribution >= 0.6 is 11.8 Å². The number of amides is 1. The van der Waals surface area contributed by atoms with Crippen molar-refractivity contribution in [3.05, 3.63) is 35.7 Å². The molecule has 1 amide bonds. The molecule has 27 heavy (non-hydrogen) atoms. The molecule has 1 fully saturated rings. The van der Waals surface area contributed by atoms with E-state index in [2.05, 4.69) is 46.5 Å². The molecule has 0 aliphatic heterocycles. The molecule has 2 N–H and O–H groups in total. The molecule has 0 atom stereocenters. The number of hydrogen-bond donors (Lipinski definition) is 2. The minimum atomic E-state index is 0.0553. The average molecular weight is 389 g/mol. The molecule has 0 radical (unpaired) electrons. The first-order valence-corrected chi connectivity index (χ1v) is 10.6. The van der Waals surface area contributed by atoms with Gasteiger partial charge in [-0.3, -0.25) is 9.89 Å². The maximum atomic E-state index is 12.1. The fraction of sp³-hybridized carbons (Fsp3) is 0.550. The summed E-state index contributed by atoms with van der Waals surface area (Å²) in [5.74, 6) is 2.35. The van der Waals surface area contributed by atoms with Gasteiger partial charge in [0.15, 0.2) is 5.82 Å². The number of H-pyrrole nitrogens is 1. The van der Waals surface area contributed by atoms with Crippen molar-refractivity contribution < 1.29 is 9.53 Å². The molecular weight excluding hydrogens is 360 g/mol. The Balaban J connectivity index is 1.40. The SMILES string of the molecule is CC(C)c1ccc(OCc2nc(SCC(=O)NC3CCCCC3)n[nH]2)cc1. The van der Waals surface area contributed by atoms with Gasteiger partial charge in [0, 0.05) is 6.04 Å². The van der Waals surface area contributed by atoms with Crippen molar-refractivity contribution in [3.63, 3.8) is 0 Å². The number of ether oxygens (including phenoxy) is 1. The Kier molecular flexibility index (Phi) is 7.15. The summed E-state index contributed by atoms with van der Waals surface area (Å²) in [4.78, 5) is 16.4. The summed E-state index contributed by atoms with van der Waals surface area (Å²) in [6.07, 6.45) is 5.89. The summed E-state index contributed by atoms with van der Waals surface area (Å²) in [6, 6.07) is 8.43. The van der Waals surface area contributed by atoms with Crippen molar-refractivity contribution in [1.29, 1.82) is 0 Å². The first-order valence-electron chi connectivity index (χ1n) is 9.66. The third kappa shape index (κ3) is 6.27. The van der Waals surface area contributed by atoms with Gasteiger partial charge in [-0.15, -0.1) is 5.10 Å². The predicted molar refractivity (Wildman–Crippen MR) is 107 cm³/mol. The van der Waals surface area contributed by atoms with Gasteiger partial charge < -0.3 is 10.1 Å². The minimum absolute atomic E-state index is 0.0553. The standard InChI is InChI=1S/C20H28N4O2S/c1-14(2)15-8-10-17(11-9-15)26-12-18-22-20(24-23-18)27-13-19(25)21-16-6-4-3-5-7-16/h8-11,14,16H,3-7,12-13H2,1-2H3,(H,21,25)(H,22,23,24). The molecule has 0 saturated heterocycles. The topological polar surface area (TPSA) is 79.9 Å². The van der Waals surface area contributed by atoms with E-state index in [9.17, 15) is 4.79 Å². The van der Waals surface area contributed by atoms with Crippen LogP contribution in [0.5, 0.6) is 5.75 Å². The van der Waals surface area contributed by atoms with Crippen LogP contribution in [0.4, 0.5) is 0 Å². The number of aromatic nitrogens is 3. The molecule has 0 unspecified atom stereocenters. The van der Waals surface area contributed by atoms with Crippen LogP contribution in [-0.2, 0) is 11.4 Å². The Hall–Kier alpha value is -2.02. The van der Waals surface area contributed by atoms with Crippen molar-refractivity contribution in [2.75, 3.05) is 5.75 Å². The molecule has 2 aromatic rings. The molecular formula is C20H28N4O2S. The second-order valence-corrected chi connectivity index (χ2v) is 8.21. The molecule has 1 heterocycles. The number of hydrogen-bond acceptors (Lipinski definition) is 5. The van der Waals surface area contributed by atoms with Crippen molar-refractivity contribution in [2.24, 2.45) is 0 Å². The second kappa shape index (κ2) is 9.78. The monoisotopic (exact) mass is 388 g/mol. The van der Waals surface area contributed by atoms with E-state index in [1.165, 1.54) is 36.6 Å². The molecule has 1 aliphatic carbocycles. The Labute approximate surface area is 164 Å². The number of nitrogens with zero attached hydrogens (tertiary/aromatic N) is 2. The first-order chi connectivity index (χ1) is 13.1. The summed E-state index contributed by atoms with van der Waals surface area (Å²) in [6.45, 7) is 4.65. The highest BCUT2D eigenvalue weighted by molar-refractivity contribution is 7.99. The number of carbonyl (C=O) groups is 1. The van der Waals surface area contributed by atoms with Gasteiger partial charge in [0.2, 0.25) is 11.1 Å². The van der Waals surface area contributed by atoms with E-state index in [0.29, 0.717) is 35.3 Å². The summed E-state index contributed by atoms with van der Waals surface area (Å²) < 4.78 is 5.74. The third-order valence-corrected chi connectivity index (χ3v) is 5.58. The van der Waals surface area contributed by atoms with Crippen LogP contribution in [-0.4, -0.2) is 32.9 Å². The highest BCUT2D eigenvalue weighted by Crippen LogP contribution is 2.20. The van der Waals surface area contributed by atoms with Gasteiger partial charge >= 0.3 is 0 Å². The van der Waals surface area contributed by atoms with Crippen molar-refractivity contribution in [1.82, 2.24) is 20.5 Å². The van der Waals surface area contributed by atoms with Crippen molar-refractivity contribution >= 4 is 17.7 Å². The van der Waals surface area contributed by atoms with Gasteiger partial charge in [-0.05, 0) is 36.5 Å². The Morgan fingerprint density at radius 3 is 2.70 bits per heavy atom. The molecule has 1 aromatic carbocycles. The van der Waals surface area contributed by atoms with E-state index in [0.717, 1.165) is 18.6 Å². The van der Waals surface area contributed by atoms with Crippen LogP contribution in [0.2, 0.25) is 0 Å². The fourth-order valence-corrected chi connectivity index (χ4v) is 3.78. The Bertz CT molecular complexity index is 724. The minimum Gasteiger partial charge on any atom is -0.486 e. The smallest absolute Gasteiger partial charge is 0.230 e. The number of rotatable bonds is 8. The largest absolute Gasteiger partial charge is 0.486 e. The summed E-state index contributed by atoms with van der Waals surface area (Å²) in [7, 11) is 0. The molecule has 1 saturated carbocycles. The number of aromatic amines is 1. The van der Waals surface area contributed by atoms with Gasteiger partial charge in [0.25, 0.3) is 0 Å². The summed E-state index contributed by atoms with van der Waals surface area (Å²) in [5.41, 5.74) is 1.28. The predicted octanol–water partition coefficient (Wildman–Crippen LogP) is 4.05. The van der Waals surface area contributed by atoms with Crippen molar-refractivity contribution in [2.45, 2.75) is 69.7 Å². The number of thioether (sulfide) groups is 1. The van der Waals surface area contributed by atoms with Crippen LogP contribution in [0.15, 0.2) is 29.4 Å². The molecule has 0 bridgehead atoms. The molecule has 7 heteroatoms. The van der Waals surface area contributed by atoms with Crippen LogP contribution in [0, 0.1) is 0 Å². The molecule has 3 rings (SSSR count). The number of benzene rings is 1. The lowest BCUT2D eigenvalue weighted by Gasteiger charge is -2.22. The van der Waals surface area contributed by atoms with Gasteiger partial charge in [-0.1, -0.05) is 57.0 Å². The first kappa shape index (κ1) is 19.7. The summed E-state index contributed by atoms with van der Waals surface area (Å²) in [5, 5.41) is 10.7. The highest BCUT2D eigenvalue weighted by atomic mass is 32.2. The van der Waals surface area contributed by atoms with E-state index in [1.807, 2.05) is 12.1 Å². The third-order valence-electron chi connectivity index (χ3n) is 4.74. The Morgan fingerprint density at radius 1 is 1.26 bits per heavy atom. The lowest BCUT2D eigenvalue weighted by Crippen LogP contribution is -2.37. The number of carbonyl (C=O) groups excluding carboxylic acids is 1. The zero-order valence-electron chi connectivity index (χ0n) is 16.0. The van der Waals surface area contributed by atoms with Gasteiger partial charge in [-0.25, -0.2) is 4.98 Å². The van der Waals surface area contributed by atoms with Crippen LogP contribution in [0.3, 0.4) is 0 Å². The molecule has 146 valence electrons. The summed E-state index contributed by atoms with van der Waals surface area (Å²) >= 11 is 1.34. The maximum absolute atomic E-state index is 12.1. The fourth-order valence-electron chi connectivity index (χ4n) is 3.15. The number of nitrogens with one attached hydrogen (secondary N) is 2. The maximum Gasteiger partial charge on any atom is 0.230 e. The second-order valence-electron chi connectivity index (χ2n) is 7.27. The van der Waals surface area contributed by atoms with Gasteiger partial charge in [-0.2, -0.15) is 0 Å². The Morgan fingerprint density at radius 2 is 2.00 bits per heavy atom. The van der Waals surface area contributed by atoms with E-state index >= 15 is 0 Å². The molecule has 1 aliphatic rings. The zero-order chi connectivity index (χ0) is 19.1. The van der Waals surface area contributed by atoms with E-state index in [-0.39, 0.29) is 5.91 Å². The highest BCUT2D eigenvalue weighted by Gasteiger charge is 2.16. The van der Waals surface area contributed by atoms with Gasteiger partial charge in [0.1, 0.15) is 12.4 Å². The van der Waals surface area contributed by atoms with Gasteiger partial charge in [0.05, 0.1) is 5.75 Å². The van der Waals surface area contributed by atoms with E-state index < -0.39 is 0 Å². The average Bonchev–Trinajstić information content (AvgIpc) is 3.14. The van der Waals surface area contributed by atoms with E-state index in [1.54, 1.807) is 0 Å². The molecule has 0 spiro atoms. The normalized spacial score (nSPS) is 15.1. The lowest BCUT2D eigenvalue weighted by molar-refractivity contribution is -0.119. The quantitative estimate of drug-likeness (QED) is 0.667. The van der Waals surface area contributed by atoms with E-state index in [4.69, 9.17) is 4.74 Å². The lowest BCUT2D eigenvalue weighted by atomic mass is 9.95. The van der Waals surface area contributed by atoms with Crippen LogP contribution < -0.4 is 10.1 Å². The molecule has 6 nitrogen and oxygen atoms in total. The van der Waals surface area contributed by atoms with Crippen LogP contribution in [0.1, 0.15) is 63.3 Å². The van der Waals surface area contributed by atoms with Crippen LogP contribution in [0.25, 0.3) is 0 Å². The molecule has 1 aromatic heterocycles.